The highest BCUT2D eigenvalue weighted by Gasteiger charge is 2.25. The highest BCUT2D eigenvalue weighted by Crippen LogP contribution is 2.10. The van der Waals surface area contributed by atoms with Gasteiger partial charge in [-0.1, -0.05) is 30.3 Å². The molecule has 5 heteroatoms. The Morgan fingerprint density at radius 2 is 2.11 bits per heavy atom. The molecule has 0 aromatic heterocycles. The van der Waals surface area contributed by atoms with Crippen LogP contribution in [0.5, 0.6) is 0 Å². The summed E-state index contributed by atoms with van der Waals surface area (Å²) in [4.78, 5) is 11.5. The average molecular weight is 255 g/mol. The number of hydrogen-bond acceptors (Lipinski definition) is 3. The van der Waals surface area contributed by atoms with Gasteiger partial charge in [-0.05, 0) is 12.5 Å². The van der Waals surface area contributed by atoms with Gasteiger partial charge in [-0.3, -0.25) is 4.39 Å². The first-order valence-electron chi connectivity index (χ1n) is 5.75. The van der Waals surface area contributed by atoms with Crippen LogP contribution >= 0.6 is 0 Å². The fourth-order valence-corrected chi connectivity index (χ4v) is 1.40. The predicted octanol–water partition coefficient (Wildman–Crippen LogP) is 2.02. The number of alkyl carbamates (subject to hydrolysis) is 1. The number of benzene rings is 1. The van der Waals surface area contributed by atoms with Crippen LogP contribution in [0, 0.1) is 0 Å². The number of carbonyl (C=O) groups excluding carboxylic acids is 1. The van der Waals surface area contributed by atoms with Gasteiger partial charge in [0.05, 0.1) is 18.8 Å². The number of ether oxygens (including phenoxy) is 1. The Hall–Kier alpha value is -1.62. The quantitative estimate of drug-likeness (QED) is 0.817. The van der Waals surface area contributed by atoms with Crippen LogP contribution in [0.15, 0.2) is 30.3 Å². The van der Waals surface area contributed by atoms with Crippen molar-refractivity contribution in [2.45, 2.75) is 25.5 Å². The van der Waals surface area contributed by atoms with Crippen LogP contribution in [0.4, 0.5) is 9.18 Å². The van der Waals surface area contributed by atoms with Gasteiger partial charge in [0.25, 0.3) is 0 Å². The third-order valence-corrected chi connectivity index (χ3v) is 2.61. The predicted molar refractivity (Wildman–Crippen MR) is 65.8 cm³/mol. The Morgan fingerprint density at radius 1 is 1.44 bits per heavy atom. The molecule has 1 aromatic rings. The molecule has 1 rings (SSSR count). The van der Waals surface area contributed by atoms with Gasteiger partial charge < -0.3 is 15.2 Å². The summed E-state index contributed by atoms with van der Waals surface area (Å²) >= 11 is 0. The summed E-state index contributed by atoms with van der Waals surface area (Å²) in [6.45, 7) is 0.757. The molecule has 0 radical (unpaired) electrons. The smallest absolute Gasteiger partial charge is 0.407 e. The van der Waals surface area contributed by atoms with Crippen LogP contribution in [0.3, 0.4) is 0 Å². The molecule has 0 aliphatic rings. The van der Waals surface area contributed by atoms with Crippen molar-refractivity contribution < 1.29 is 19.0 Å². The average Bonchev–Trinajstić information content (AvgIpc) is 2.38. The summed E-state index contributed by atoms with van der Waals surface area (Å²) in [5.41, 5.74) is -0.119. The number of aliphatic hydroxyl groups is 1. The van der Waals surface area contributed by atoms with Crippen molar-refractivity contribution in [2.75, 3.05) is 13.3 Å². The second kappa shape index (κ2) is 6.96. The molecule has 0 aliphatic carbocycles. The summed E-state index contributed by atoms with van der Waals surface area (Å²) in [5.74, 6) is 0. The third-order valence-electron chi connectivity index (χ3n) is 2.61. The maximum atomic E-state index is 12.3. The maximum absolute atomic E-state index is 12.3. The number of rotatable bonds is 6. The number of hydrogen-bond donors (Lipinski definition) is 2. The van der Waals surface area contributed by atoms with E-state index in [4.69, 9.17) is 9.84 Å². The molecule has 1 atom stereocenters. The van der Waals surface area contributed by atoms with E-state index < -0.39 is 18.3 Å². The van der Waals surface area contributed by atoms with Gasteiger partial charge in [-0.15, -0.1) is 0 Å². The van der Waals surface area contributed by atoms with E-state index in [0.29, 0.717) is 0 Å². The lowest BCUT2D eigenvalue weighted by Crippen LogP contribution is -2.49. The normalized spacial score (nSPS) is 13.7. The number of carbonyl (C=O) groups is 1. The number of nitrogens with one attached hydrogen (secondary N) is 1. The summed E-state index contributed by atoms with van der Waals surface area (Å²) in [6.07, 6.45) is -0.618. The molecule has 0 bridgehead atoms. The first kappa shape index (κ1) is 14.4. The highest BCUT2D eigenvalue weighted by atomic mass is 19.1. The van der Waals surface area contributed by atoms with Gasteiger partial charge in [0.15, 0.2) is 0 Å². The van der Waals surface area contributed by atoms with E-state index in [9.17, 15) is 9.18 Å². The summed E-state index contributed by atoms with van der Waals surface area (Å²) in [5, 5.41) is 11.6. The van der Waals surface area contributed by atoms with Crippen molar-refractivity contribution in [3.05, 3.63) is 35.9 Å². The second-order valence-electron chi connectivity index (χ2n) is 4.34. The van der Waals surface area contributed by atoms with Crippen molar-refractivity contribution in [2.24, 2.45) is 0 Å². The molecule has 18 heavy (non-hydrogen) atoms. The largest absolute Gasteiger partial charge is 0.445 e. The zero-order valence-electron chi connectivity index (χ0n) is 10.4. The number of aliphatic hydroxyl groups excluding tert-OH is 1. The lowest BCUT2D eigenvalue weighted by molar-refractivity contribution is 0.106. The minimum absolute atomic E-state index is 0.0456. The first-order chi connectivity index (χ1) is 8.59. The van der Waals surface area contributed by atoms with Crippen molar-refractivity contribution in [1.82, 2.24) is 5.32 Å². The molecule has 0 spiro atoms. The van der Waals surface area contributed by atoms with Crippen LogP contribution in [-0.2, 0) is 11.3 Å². The first-order valence-corrected chi connectivity index (χ1v) is 5.75. The van der Waals surface area contributed by atoms with E-state index >= 15 is 0 Å². The van der Waals surface area contributed by atoms with E-state index in [1.165, 1.54) is 0 Å². The van der Waals surface area contributed by atoms with E-state index in [-0.39, 0.29) is 19.6 Å². The lowest BCUT2D eigenvalue weighted by Gasteiger charge is -2.26. The number of amides is 1. The van der Waals surface area contributed by atoms with E-state index in [1.807, 2.05) is 30.3 Å². The van der Waals surface area contributed by atoms with Crippen molar-refractivity contribution in [3.63, 3.8) is 0 Å². The fraction of sp³-hybridized carbons (Fsp3) is 0.462. The van der Waals surface area contributed by atoms with Gasteiger partial charge in [0.2, 0.25) is 0 Å². The fourth-order valence-electron chi connectivity index (χ4n) is 1.40. The molecule has 1 unspecified atom stereocenters. The molecule has 100 valence electrons. The Labute approximate surface area is 106 Å². The molecule has 0 fully saturated rings. The van der Waals surface area contributed by atoms with Crippen LogP contribution in [0.1, 0.15) is 18.9 Å². The minimum atomic E-state index is -0.984. The van der Waals surface area contributed by atoms with Gasteiger partial charge in [0, 0.05) is 6.42 Å². The highest BCUT2D eigenvalue weighted by molar-refractivity contribution is 5.68. The van der Waals surface area contributed by atoms with Gasteiger partial charge in [0.1, 0.15) is 6.61 Å². The van der Waals surface area contributed by atoms with E-state index in [2.05, 4.69) is 5.32 Å². The van der Waals surface area contributed by atoms with Gasteiger partial charge in [-0.25, -0.2) is 4.79 Å². The minimum Gasteiger partial charge on any atom is -0.445 e. The zero-order valence-corrected chi connectivity index (χ0v) is 10.4. The van der Waals surface area contributed by atoms with Crippen LogP contribution in [0.2, 0.25) is 0 Å². The standard InChI is InChI=1S/C13H18FNO3/c1-13(10-16,7-8-14)15-12(17)18-9-11-5-3-2-4-6-11/h2-6,16H,7-10H2,1H3,(H,15,17). The SMILES string of the molecule is CC(CO)(CCF)NC(=O)OCc1ccccc1. The van der Waals surface area contributed by atoms with Crippen molar-refractivity contribution in [3.8, 4) is 0 Å². The molecule has 0 saturated carbocycles. The summed E-state index contributed by atoms with van der Waals surface area (Å²) < 4.78 is 17.3. The zero-order chi connectivity index (χ0) is 13.4. The van der Waals surface area contributed by atoms with Crippen molar-refractivity contribution >= 4 is 6.09 Å². The number of halogens is 1. The van der Waals surface area contributed by atoms with Crippen molar-refractivity contribution in [1.29, 1.82) is 0 Å². The van der Waals surface area contributed by atoms with Gasteiger partial charge >= 0.3 is 6.09 Å². The molecule has 1 aromatic carbocycles. The number of alkyl halides is 1. The lowest BCUT2D eigenvalue weighted by atomic mass is 10.0. The molecule has 0 heterocycles. The van der Waals surface area contributed by atoms with E-state index in [1.54, 1.807) is 6.92 Å². The Bertz CT molecular complexity index is 372. The van der Waals surface area contributed by atoms with E-state index in [0.717, 1.165) is 5.56 Å². The topological polar surface area (TPSA) is 58.6 Å². The Morgan fingerprint density at radius 3 is 2.67 bits per heavy atom. The summed E-state index contributed by atoms with van der Waals surface area (Å²) in [7, 11) is 0. The molecule has 4 nitrogen and oxygen atoms in total. The monoisotopic (exact) mass is 255 g/mol. The molecule has 0 aliphatic heterocycles. The molecule has 2 N–H and O–H groups in total. The second-order valence-corrected chi connectivity index (χ2v) is 4.34. The third kappa shape index (κ3) is 4.71. The molecule has 0 saturated heterocycles. The van der Waals surface area contributed by atoms with Crippen LogP contribution < -0.4 is 5.32 Å². The molecular formula is C13H18FNO3. The molecule has 1 amide bonds. The Kier molecular flexibility index (Phi) is 5.58. The summed E-state index contributed by atoms with van der Waals surface area (Å²) in [6, 6.07) is 9.23. The Balaban J connectivity index is 2.41. The molecular weight excluding hydrogens is 237 g/mol. The maximum Gasteiger partial charge on any atom is 0.407 e. The van der Waals surface area contributed by atoms with Crippen LogP contribution in [-0.4, -0.2) is 30.0 Å². The van der Waals surface area contributed by atoms with Crippen LogP contribution in [0.25, 0.3) is 0 Å². The van der Waals surface area contributed by atoms with Gasteiger partial charge in [-0.2, -0.15) is 0 Å².